The van der Waals surface area contributed by atoms with Crippen LogP contribution in [-0.4, -0.2) is 32.3 Å². The van der Waals surface area contributed by atoms with E-state index >= 15 is 0 Å². The van der Waals surface area contributed by atoms with E-state index in [9.17, 15) is 4.79 Å². The van der Waals surface area contributed by atoms with E-state index in [1.54, 1.807) is 0 Å². The Morgan fingerprint density at radius 1 is 1.37 bits per heavy atom. The number of tetrazole rings is 1. The summed E-state index contributed by atoms with van der Waals surface area (Å²) in [7, 11) is 0. The average Bonchev–Trinajstić information content (AvgIpc) is 2.85. The average molecular weight is 260 g/mol. The molecule has 0 radical (unpaired) electrons. The van der Waals surface area contributed by atoms with Gasteiger partial charge in [-0.2, -0.15) is 4.80 Å². The maximum Gasteiger partial charge on any atom is 0.302 e. The predicted molar refractivity (Wildman–Crippen MR) is 69.1 cm³/mol. The van der Waals surface area contributed by atoms with Crippen molar-refractivity contribution in [2.45, 2.75) is 32.9 Å². The van der Waals surface area contributed by atoms with Gasteiger partial charge in [0.05, 0.1) is 6.54 Å². The number of aryl methyl sites for hydroxylation is 1. The largest absolute Gasteiger partial charge is 0.463 e. The smallest absolute Gasteiger partial charge is 0.302 e. The Kier molecular flexibility index (Phi) is 4.22. The van der Waals surface area contributed by atoms with Gasteiger partial charge in [-0.1, -0.05) is 30.3 Å². The zero-order chi connectivity index (χ0) is 13.7. The molecule has 1 atom stereocenters. The van der Waals surface area contributed by atoms with Crippen molar-refractivity contribution < 1.29 is 9.53 Å². The lowest BCUT2D eigenvalue weighted by molar-refractivity contribution is -0.145. The molecule has 1 aromatic carbocycles. The lowest BCUT2D eigenvalue weighted by Gasteiger charge is -2.10. The Morgan fingerprint density at radius 2 is 2.11 bits per heavy atom. The van der Waals surface area contributed by atoms with Gasteiger partial charge in [0.15, 0.2) is 0 Å². The van der Waals surface area contributed by atoms with Crippen molar-refractivity contribution in [3.63, 3.8) is 0 Å². The number of hydrogen-bond acceptors (Lipinski definition) is 5. The van der Waals surface area contributed by atoms with Crippen LogP contribution in [0.25, 0.3) is 11.4 Å². The van der Waals surface area contributed by atoms with Gasteiger partial charge < -0.3 is 4.74 Å². The Bertz CT molecular complexity index is 539. The van der Waals surface area contributed by atoms with Crippen LogP contribution in [0, 0.1) is 0 Å². The van der Waals surface area contributed by atoms with Crippen molar-refractivity contribution in [2.75, 3.05) is 0 Å². The van der Waals surface area contributed by atoms with Gasteiger partial charge in [0, 0.05) is 18.9 Å². The topological polar surface area (TPSA) is 69.9 Å². The highest BCUT2D eigenvalue weighted by Crippen LogP contribution is 2.12. The first-order valence-corrected chi connectivity index (χ1v) is 6.15. The standard InChI is InChI=1S/C13H16N4O2/c1-10(19-11(2)18)8-9-17-15-13(14-16-17)12-6-4-3-5-7-12/h3-7,10H,8-9H2,1-2H3/t10-/m1/s1. The van der Waals surface area contributed by atoms with Crippen LogP contribution in [0.1, 0.15) is 20.3 Å². The van der Waals surface area contributed by atoms with Gasteiger partial charge in [-0.05, 0) is 12.1 Å². The van der Waals surface area contributed by atoms with Gasteiger partial charge >= 0.3 is 5.97 Å². The van der Waals surface area contributed by atoms with Gasteiger partial charge in [0.2, 0.25) is 5.82 Å². The normalized spacial score (nSPS) is 12.1. The second-order valence-electron chi connectivity index (χ2n) is 4.28. The zero-order valence-electron chi connectivity index (χ0n) is 11.0. The van der Waals surface area contributed by atoms with Crippen LogP contribution in [0.3, 0.4) is 0 Å². The van der Waals surface area contributed by atoms with Gasteiger partial charge in [-0.25, -0.2) is 0 Å². The molecule has 19 heavy (non-hydrogen) atoms. The Balaban J connectivity index is 1.93. The van der Waals surface area contributed by atoms with Crippen LogP contribution in [0.2, 0.25) is 0 Å². The molecule has 1 aromatic heterocycles. The van der Waals surface area contributed by atoms with E-state index in [0.717, 1.165) is 5.56 Å². The number of hydrogen-bond donors (Lipinski definition) is 0. The Labute approximate surface area is 111 Å². The Morgan fingerprint density at radius 3 is 2.79 bits per heavy atom. The van der Waals surface area contributed by atoms with Crippen molar-refractivity contribution in [3.05, 3.63) is 30.3 Å². The maximum absolute atomic E-state index is 10.8. The van der Waals surface area contributed by atoms with Crippen LogP contribution in [-0.2, 0) is 16.1 Å². The number of carbonyl (C=O) groups is 1. The van der Waals surface area contributed by atoms with Crippen molar-refractivity contribution in [1.29, 1.82) is 0 Å². The molecule has 6 heteroatoms. The summed E-state index contributed by atoms with van der Waals surface area (Å²) < 4.78 is 5.04. The fourth-order valence-electron chi connectivity index (χ4n) is 1.68. The van der Waals surface area contributed by atoms with E-state index in [4.69, 9.17) is 4.74 Å². The highest BCUT2D eigenvalue weighted by atomic mass is 16.5. The third-order valence-electron chi connectivity index (χ3n) is 2.59. The first-order valence-electron chi connectivity index (χ1n) is 6.15. The highest BCUT2D eigenvalue weighted by molar-refractivity contribution is 5.66. The molecule has 100 valence electrons. The fourth-order valence-corrected chi connectivity index (χ4v) is 1.68. The summed E-state index contributed by atoms with van der Waals surface area (Å²) in [6, 6.07) is 9.66. The Hall–Kier alpha value is -2.24. The monoisotopic (exact) mass is 260 g/mol. The van der Waals surface area contributed by atoms with E-state index in [-0.39, 0.29) is 12.1 Å². The summed E-state index contributed by atoms with van der Waals surface area (Å²) in [5, 5.41) is 12.3. The molecule has 0 fully saturated rings. The number of benzene rings is 1. The van der Waals surface area contributed by atoms with E-state index in [1.165, 1.54) is 11.7 Å². The molecule has 1 heterocycles. The summed E-state index contributed by atoms with van der Waals surface area (Å²) in [6.07, 6.45) is 0.508. The SMILES string of the molecule is CC(=O)O[C@H](C)CCn1nnc(-c2ccccc2)n1. The summed E-state index contributed by atoms with van der Waals surface area (Å²) in [5.41, 5.74) is 0.932. The highest BCUT2D eigenvalue weighted by Gasteiger charge is 2.08. The minimum atomic E-state index is -0.274. The predicted octanol–water partition coefficient (Wildman–Crippen LogP) is 1.68. The van der Waals surface area contributed by atoms with Crippen LogP contribution in [0.5, 0.6) is 0 Å². The number of nitrogens with zero attached hydrogens (tertiary/aromatic N) is 4. The molecular formula is C13H16N4O2. The van der Waals surface area contributed by atoms with Crippen molar-refractivity contribution in [3.8, 4) is 11.4 Å². The summed E-state index contributed by atoms with van der Waals surface area (Å²) in [5.74, 6) is 0.324. The molecule has 2 rings (SSSR count). The number of esters is 1. The minimum Gasteiger partial charge on any atom is -0.463 e. The van der Waals surface area contributed by atoms with E-state index in [1.807, 2.05) is 37.3 Å². The van der Waals surface area contributed by atoms with Crippen LogP contribution in [0.15, 0.2) is 30.3 Å². The molecule has 0 N–H and O–H groups in total. The lowest BCUT2D eigenvalue weighted by atomic mass is 10.2. The molecule has 0 aliphatic carbocycles. The second kappa shape index (κ2) is 6.08. The quantitative estimate of drug-likeness (QED) is 0.765. The molecule has 2 aromatic rings. The molecule has 0 saturated heterocycles. The van der Waals surface area contributed by atoms with Crippen molar-refractivity contribution in [2.24, 2.45) is 0 Å². The molecular weight excluding hydrogens is 244 g/mol. The molecule has 0 aliphatic heterocycles. The van der Waals surface area contributed by atoms with E-state index in [2.05, 4.69) is 15.4 Å². The number of aromatic nitrogens is 4. The second-order valence-corrected chi connectivity index (χ2v) is 4.28. The molecule has 0 saturated carbocycles. The van der Waals surface area contributed by atoms with Crippen LogP contribution in [0.4, 0.5) is 0 Å². The van der Waals surface area contributed by atoms with Crippen molar-refractivity contribution >= 4 is 5.97 Å². The molecule has 0 aliphatic rings. The van der Waals surface area contributed by atoms with E-state index in [0.29, 0.717) is 18.8 Å². The molecule has 0 unspecified atom stereocenters. The number of carbonyl (C=O) groups excluding carboxylic acids is 1. The summed E-state index contributed by atoms with van der Waals surface area (Å²) in [4.78, 5) is 12.3. The fraction of sp³-hybridized carbons (Fsp3) is 0.385. The third-order valence-corrected chi connectivity index (χ3v) is 2.59. The number of rotatable bonds is 5. The van der Waals surface area contributed by atoms with Gasteiger partial charge in [-0.3, -0.25) is 4.79 Å². The zero-order valence-corrected chi connectivity index (χ0v) is 11.0. The van der Waals surface area contributed by atoms with Crippen LogP contribution < -0.4 is 0 Å². The molecule has 0 amide bonds. The third kappa shape index (κ3) is 3.87. The van der Waals surface area contributed by atoms with Crippen LogP contribution >= 0.6 is 0 Å². The van der Waals surface area contributed by atoms with Gasteiger partial charge in [-0.15, -0.1) is 10.2 Å². The first kappa shape index (κ1) is 13.2. The number of ether oxygens (including phenoxy) is 1. The minimum absolute atomic E-state index is 0.149. The van der Waals surface area contributed by atoms with Crippen molar-refractivity contribution in [1.82, 2.24) is 20.2 Å². The van der Waals surface area contributed by atoms with Gasteiger partial charge in [0.25, 0.3) is 0 Å². The molecule has 6 nitrogen and oxygen atoms in total. The van der Waals surface area contributed by atoms with Gasteiger partial charge in [0.1, 0.15) is 6.10 Å². The first-order chi connectivity index (χ1) is 9.15. The maximum atomic E-state index is 10.8. The van der Waals surface area contributed by atoms with E-state index < -0.39 is 0 Å². The molecule has 0 bridgehead atoms. The summed E-state index contributed by atoms with van der Waals surface area (Å²) in [6.45, 7) is 3.81. The summed E-state index contributed by atoms with van der Waals surface area (Å²) >= 11 is 0. The molecule has 0 spiro atoms. The lowest BCUT2D eigenvalue weighted by Crippen LogP contribution is -2.16.